The van der Waals surface area contributed by atoms with E-state index in [0.29, 0.717) is 12.1 Å². The minimum atomic E-state index is -0.0204. The van der Waals surface area contributed by atoms with Crippen molar-refractivity contribution in [1.82, 2.24) is 9.88 Å². The second-order valence-corrected chi connectivity index (χ2v) is 8.37. The van der Waals surface area contributed by atoms with E-state index in [2.05, 4.69) is 39.9 Å². The highest BCUT2D eigenvalue weighted by Gasteiger charge is 2.23. The molecular weight excluding hydrogens is 410 g/mol. The fourth-order valence-corrected chi connectivity index (χ4v) is 4.32. The number of amides is 1. The highest BCUT2D eigenvalue weighted by atomic mass is 79.9. The molecule has 4 nitrogen and oxygen atoms in total. The Hall–Kier alpha value is -1.76. The normalized spacial score (nSPS) is 11.3. The predicted molar refractivity (Wildman–Crippen MR) is 113 cm³/mol. The lowest BCUT2D eigenvalue weighted by atomic mass is 10.2. The minimum absolute atomic E-state index is 0.0204. The first-order chi connectivity index (χ1) is 12.5. The molecule has 3 rings (SSSR count). The van der Waals surface area contributed by atoms with Crippen molar-refractivity contribution < 1.29 is 4.79 Å². The molecule has 0 aliphatic heterocycles. The Bertz CT molecular complexity index is 922. The van der Waals surface area contributed by atoms with Crippen molar-refractivity contribution in [2.45, 2.75) is 13.3 Å². The Morgan fingerprint density at radius 3 is 2.58 bits per heavy atom. The van der Waals surface area contributed by atoms with Gasteiger partial charge < -0.3 is 4.90 Å². The monoisotopic (exact) mass is 431 g/mol. The second kappa shape index (κ2) is 8.29. The van der Waals surface area contributed by atoms with E-state index >= 15 is 0 Å². The number of para-hydroxylation sites is 1. The number of anilines is 1. The average molecular weight is 432 g/mol. The molecule has 6 heteroatoms. The first-order valence-corrected chi connectivity index (χ1v) is 10.2. The molecule has 136 valence electrons. The SMILES string of the molecule is Cc1cccc2sc(N(CCCN(C)C)C(=O)c3ccccc3Br)nc12. The average Bonchev–Trinajstić information content (AvgIpc) is 3.03. The van der Waals surface area contributed by atoms with Crippen molar-refractivity contribution in [2.75, 3.05) is 32.1 Å². The number of nitrogens with zero attached hydrogens (tertiary/aromatic N) is 3. The zero-order valence-electron chi connectivity index (χ0n) is 15.2. The highest BCUT2D eigenvalue weighted by Crippen LogP contribution is 2.32. The summed E-state index contributed by atoms with van der Waals surface area (Å²) >= 11 is 5.08. The molecule has 0 fully saturated rings. The number of hydrogen-bond donors (Lipinski definition) is 0. The van der Waals surface area contributed by atoms with Crippen molar-refractivity contribution in [2.24, 2.45) is 0 Å². The number of aromatic nitrogens is 1. The molecule has 2 aromatic carbocycles. The van der Waals surface area contributed by atoms with Gasteiger partial charge in [0.05, 0.1) is 15.8 Å². The Labute approximate surface area is 166 Å². The number of thiazole rings is 1. The van der Waals surface area contributed by atoms with E-state index < -0.39 is 0 Å². The van der Waals surface area contributed by atoms with Crippen molar-refractivity contribution in [3.63, 3.8) is 0 Å². The van der Waals surface area contributed by atoms with Crippen LogP contribution in [0.3, 0.4) is 0 Å². The summed E-state index contributed by atoms with van der Waals surface area (Å²) in [6, 6.07) is 13.7. The van der Waals surface area contributed by atoms with Gasteiger partial charge in [-0.25, -0.2) is 4.98 Å². The van der Waals surface area contributed by atoms with Crippen molar-refractivity contribution in [3.8, 4) is 0 Å². The molecule has 0 aliphatic rings. The number of fused-ring (bicyclic) bond motifs is 1. The Morgan fingerprint density at radius 2 is 1.88 bits per heavy atom. The molecule has 0 aliphatic carbocycles. The smallest absolute Gasteiger partial charge is 0.261 e. The van der Waals surface area contributed by atoms with Crippen LogP contribution in [-0.4, -0.2) is 43.0 Å². The van der Waals surface area contributed by atoms with Gasteiger partial charge in [0.25, 0.3) is 5.91 Å². The first kappa shape index (κ1) is 19.0. The number of carbonyl (C=O) groups excluding carboxylic acids is 1. The van der Waals surface area contributed by atoms with Gasteiger partial charge in [-0.15, -0.1) is 0 Å². The topological polar surface area (TPSA) is 36.4 Å². The highest BCUT2D eigenvalue weighted by molar-refractivity contribution is 9.10. The summed E-state index contributed by atoms with van der Waals surface area (Å²) < 4.78 is 1.91. The van der Waals surface area contributed by atoms with Crippen LogP contribution in [0.1, 0.15) is 22.3 Å². The van der Waals surface area contributed by atoms with Crippen molar-refractivity contribution in [1.29, 1.82) is 0 Å². The second-order valence-electron chi connectivity index (χ2n) is 6.51. The predicted octanol–water partition coefficient (Wildman–Crippen LogP) is 4.97. The van der Waals surface area contributed by atoms with Gasteiger partial charge in [0.1, 0.15) is 0 Å². The zero-order valence-corrected chi connectivity index (χ0v) is 17.6. The molecule has 0 saturated heterocycles. The van der Waals surface area contributed by atoms with E-state index in [1.807, 2.05) is 49.3 Å². The van der Waals surface area contributed by atoms with Gasteiger partial charge in [0.15, 0.2) is 5.13 Å². The molecule has 0 spiro atoms. The van der Waals surface area contributed by atoms with Crippen LogP contribution in [0.25, 0.3) is 10.2 Å². The van der Waals surface area contributed by atoms with E-state index in [-0.39, 0.29) is 5.91 Å². The van der Waals surface area contributed by atoms with Crippen LogP contribution in [0.4, 0.5) is 5.13 Å². The molecule has 1 aromatic heterocycles. The van der Waals surface area contributed by atoms with Gasteiger partial charge in [-0.05, 0) is 73.7 Å². The van der Waals surface area contributed by atoms with Crippen LogP contribution in [0, 0.1) is 6.92 Å². The number of halogens is 1. The number of aryl methyl sites for hydroxylation is 1. The molecule has 3 aromatic rings. The Morgan fingerprint density at radius 1 is 1.12 bits per heavy atom. The van der Waals surface area contributed by atoms with Gasteiger partial charge in [-0.1, -0.05) is 35.6 Å². The van der Waals surface area contributed by atoms with Crippen molar-refractivity contribution >= 4 is 48.5 Å². The van der Waals surface area contributed by atoms with E-state index in [4.69, 9.17) is 4.98 Å². The van der Waals surface area contributed by atoms with E-state index in [0.717, 1.165) is 38.3 Å². The van der Waals surface area contributed by atoms with Crippen LogP contribution in [-0.2, 0) is 0 Å². The molecule has 1 amide bonds. The summed E-state index contributed by atoms with van der Waals surface area (Å²) in [5.41, 5.74) is 2.77. The van der Waals surface area contributed by atoms with Crippen LogP contribution in [0.15, 0.2) is 46.9 Å². The third kappa shape index (κ3) is 4.14. The largest absolute Gasteiger partial charge is 0.309 e. The molecule has 0 saturated carbocycles. The summed E-state index contributed by atoms with van der Waals surface area (Å²) in [6.07, 6.45) is 0.887. The molecule has 0 N–H and O–H groups in total. The third-order valence-corrected chi connectivity index (χ3v) is 5.91. The lowest BCUT2D eigenvalue weighted by Gasteiger charge is -2.21. The standard InChI is InChI=1S/C20H22BrN3OS/c1-14-8-6-11-17-18(14)22-20(26-17)24(13-7-12-23(2)3)19(25)15-9-4-5-10-16(15)21/h4-6,8-11H,7,12-13H2,1-3H3. The lowest BCUT2D eigenvalue weighted by molar-refractivity contribution is 0.0985. The van der Waals surface area contributed by atoms with E-state index in [1.54, 1.807) is 11.3 Å². The minimum Gasteiger partial charge on any atom is -0.309 e. The van der Waals surface area contributed by atoms with Crippen LogP contribution < -0.4 is 4.90 Å². The van der Waals surface area contributed by atoms with Gasteiger partial charge in [-0.2, -0.15) is 0 Å². The fourth-order valence-electron chi connectivity index (χ4n) is 2.80. The number of benzene rings is 2. The Balaban J connectivity index is 1.97. The van der Waals surface area contributed by atoms with Crippen LogP contribution >= 0.6 is 27.3 Å². The third-order valence-electron chi connectivity index (χ3n) is 4.18. The molecule has 26 heavy (non-hydrogen) atoms. The molecule has 0 atom stereocenters. The van der Waals surface area contributed by atoms with Gasteiger partial charge in [0.2, 0.25) is 0 Å². The number of rotatable bonds is 6. The summed E-state index contributed by atoms with van der Waals surface area (Å²) in [5.74, 6) is -0.0204. The number of carbonyl (C=O) groups is 1. The molecule has 1 heterocycles. The van der Waals surface area contributed by atoms with Gasteiger partial charge in [0, 0.05) is 11.0 Å². The Kier molecular flexibility index (Phi) is 6.06. The quantitative estimate of drug-likeness (QED) is 0.552. The fraction of sp³-hybridized carbons (Fsp3) is 0.300. The van der Waals surface area contributed by atoms with Crippen LogP contribution in [0.2, 0.25) is 0 Å². The summed E-state index contributed by atoms with van der Waals surface area (Å²) in [7, 11) is 4.09. The van der Waals surface area contributed by atoms with Gasteiger partial charge in [-0.3, -0.25) is 9.69 Å². The number of hydrogen-bond acceptors (Lipinski definition) is 4. The maximum Gasteiger partial charge on any atom is 0.261 e. The lowest BCUT2D eigenvalue weighted by Crippen LogP contribution is -2.33. The summed E-state index contributed by atoms with van der Waals surface area (Å²) in [5, 5.41) is 0.758. The van der Waals surface area contributed by atoms with Crippen LogP contribution in [0.5, 0.6) is 0 Å². The maximum atomic E-state index is 13.3. The van der Waals surface area contributed by atoms with E-state index in [1.165, 1.54) is 0 Å². The molecule has 0 unspecified atom stereocenters. The molecule has 0 radical (unpaired) electrons. The van der Waals surface area contributed by atoms with E-state index in [9.17, 15) is 4.79 Å². The first-order valence-electron chi connectivity index (χ1n) is 8.54. The molecule has 0 bridgehead atoms. The maximum absolute atomic E-state index is 13.3. The van der Waals surface area contributed by atoms with Gasteiger partial charge >= 0.3 is 0 Å². The summed E-state index contributed by atoms with van der Waals surface area (Å²) in [6.45, 7) is 3.61. The molecular formula is C20H22BrN3OS. The van der Waals surface area contributed by atoms with Crippen molar-refractivity contribution in [3.05, 3.63) is 58.1 Å². The zero-order chi connectivity index (χ0) is 18.7. The summed E-state index contributed by atoms with van der Waals surface area (Å²) in [4.78, 5) is 22.0.